The van der Waals surface area contributed by atoms with E-state index >= 15 is 0 Å². The SMILES string of the molecule is C=Cc1ccccc1-c1ccc(C(O)c2ccccc2)cc1. The standard InChI is InChI=1S/C21H18O/c1-2-16-8-6-7-11-20(16)17-12-14-19(15-13-17)21(22)18-9-4-3-5-10-18/h2-15,21-22H,1H2. The fraction of sp³-hybridized carbons (Fsp3) is 0.0476. The Bertz CT molecular complexity index is 757. The van der Waals surface area contributed by atoms with Crippen LogP contribution in [0.3, 0.4) is 0 Å². The van der Waals surface area contributed by atoms with Gasteiger partial charge < -0.3 is 5.11 Å². The van der Waals surface area contributed by atoms with Gasteiger partial charge in [0.1, 0.15) is 6.10 Å². The molecule has 1 atom stereocenters. The maximum Gasteiger partial charge on any atom is 0.104 e. The fourth-order valence-corrected chi connectivity index (χ4v) is 2.61. The van der Waals surface area contributed by atoms with E-state index in [2.05, 4.69) is 18.7 Å². The molecule has 0 aliphatic carbocycles. The van der Waals surface area contributed by atoms with Gasteiger partial charge in [-0.1, -0.05) is 91.5 Å². The van der Waals surface area contributed by atoms with Crippen LogP contribution in [-0.4, -0.2) is 5.11 Å². The maximum absolute atomic E-state index is 10.4. The van der Waals surface area contributed by atoms with Crippen molar-refractivity contribution in [1.82, 2.24) is 0 Å². The molecular weight excluding hydrogens is 268 g/mol. The van der Waals surface area contributed by atoms with Crippen LogP contribution in [0.15, 0.2) is 85.4 Å². The molecule has 0 heterocycles. The van der Waals surface area contributed by atoms with Crippen molar-refractivity contribution in [2.45, 2.75) is 6.10 Å². The minimum Gasteiger partial charge on any atom is -0.384 e. The molecule has 0 amide bonds. The molecule has 1 heteroatoms. The first kappa shape index (κ1) is 14.3. The second-order valence-corrected chi connectivity index (χ2v) is 5.23. The number of hydrogen-bond donors (Lipinski definition) is 1. The van der Waals surface area contributed by atoms with Gasteiger partial charge in [0.2, 0.25) is 0 Å². The lowest BCUT2D eigenvalue weighted by molar-refractivity contribution is 0.220. The molecule has 22 heavy (non-hydrogen) atoms. The van der Waals surface area contributed by atoms with E-state index in [4.69, 9.17) is 0 Å². The summed E-state index contributed by atoms with van der Waals surface area (Å²) in [5.41, 5.74) is 5.18. The number of hydrogen-bond acceptors (Lipinski definition) is 1. The van der Waals surface area contributed by atoms with Crippen molar-refractivity contribution >= 4 is 6.08 Å². The topological polar surface area (TPSA) is 20.2 Å². The second-order valence-electron chi connectivity index (χ2n) is 5.23. The first-order chi connectivity index (χ1) is 10.8. The van der Waals surface area contributed by atoms with Crippen LogP contribution < -0.4 is 0 Å². The molecule has 0 aliphatic rings. The first-order valence-corrected chi connectivity index (χ1v) is 7.34. The van der Waals surface area contributed by atoms with Crippen molar-refractivity contribution in [2.24, 2.45) is 0 Å². The summed E-state index contributed by atoms with van der Waals surface area (Å²) in [5.74, 6) is 0. The smallest absolute Gasteiger partial charge is 0.104 e. The molecule has 0 aliphatic heterocycles. The Labute approximate surface area is 131 Å². The zero-order valence-corrected chi connectivity index (χ0v) is 12.3. The molecule has 108 valence electrons. The van der Waals surface area contributed by atoms with Crippen LogP contribution in [0.25, 0.3) is 17.2 Å². The summed E-state index contributed by atoms with van der Waals surface area (Å²) >= 11 is 0. The molecular formula is C21H18O. The van der Waals surface area contributed by atoms with E-state index in [0.717, 1.165) is 27.8 Å². The van der Waals surface area contributed by atoms with Gasteiger partial charge in [-0.25, -0.2) is 0 Å². The molecule has 3 rings (SSSR count). The van der Waals surface area contributed by atoms with Crippen molar-refractivity contribution in [1.29, 1.82) is 0 Å². The lowest BCUT2D eigenvalue weighted by Gasteiger charge is -2.13. The maximum atomic E-state index is 10.4. The summed E-state index contributed by atoms with van der Waals surface area (Å²) in [5, 5.41) is 10.4. The van der Waals surface area contributed by atoms with Gasteiger partial charge in [0, 0.05) is 0 Å². The van der Waals surface area contributed by atoms with Crippen LogP contribution in [0, 0.1) is 0 Å². The molecule has 3 aromatic rings. The third-order valence-corrected chi connectivity index (χ3v) is 3.83. The van der Waals surface area contributed by atoms with Gasteiger partial charge in [-0.15, -0.1) is 0 Å². The molecule has 1 nitrogen and oxygen atoms in total. The molecule has 1 N–H and O–H groups in total. The lowest BCUT2D eigenvalue weighted by atomic mass is 9.96. The Kier molecular flexibility index (Phi) is 4.17. The van der Waals surface area contributed by atoms with Crippen molar-refractivity contribution in [3.05, 3.63) is 102 Å². The Balaban J connectivity index is 1.91. The Hall–Kier alpha value is -2.64. The molecule has 0 radical (unpaired) electrons. The van der Waals surface area contributed by atoms with Gasteiger partial charge in [0.25, 0.3) is 0 Å². The second kappa shape index (κ2) is 6.42. The molecule has 0 aromatic heterocycles. The highest BCUT2D eigenvalue weighted by Crippen LogP contribution is 2.27. The van der Waals surface area contributed by atoms with Crippen LogP contribution in [0.4, 0.5) is 0 Å². The van der Waals surface area contributed by atoms with E-state index in [1.165, 1.54) is 0 Å². The third-order valence-electron chi connectivity index (χ3n) is 3.83. The molecule has 0 fully saturated rings. The highest BCUT2D eigenvalue weighted by Gasteiger charge is 2.10. The number of aliphatic hydroxyl groups is 1. The lowest BCUT2D eigenvalue weighted by Crippen LogP contribution is -1.99. The van der Waals surface area contributed by atoms with E-state index in [1.807, 2.05) is 72.8 Å². The van der Waals surface area contributed by atoms with Crippen LogP contribution in [-0.2, 0) is 0 Å². The van der Waals surface area contributed by atoms with Crippen molar-refractivity contribution in [3.63, 3.8) is 0 Å². The minimum absolute atomic E-state index is 0.593. The zero-order valence-electron chi connectivity index (χ0n) is 12.3. The number of rotatable bonds is 4. The normalized spacial score (nSPS) is 11.9. The Morgan fingerprint density at radius 3 is 2.00 bits per heavy atom. The van der Waals surface area contributed by atoms with Crippen molar-refractivity contribution < 1.29 is 5.11 Å². The van der Waals surface area contributed by atoms with Gasteiger partial charge in [-0.05, 0) is 27.8 Å². The van der Waals surface area contributed by atoms with Crippen LogP contribution >= 0.6 is 0 Å². The molecule has 3 aromatic carbocycles. The van der Waals surface area contributed by atoms with E-state index in [9.17, 15) is 5.11 Å². The molecule has 0 spiro atoms. The number of benzene rings is 3. The van der Waals surface area contributed by atoms with Crippen LogP contribution in [0.5, 0.6) is 0 Å². The summed E-state index contributed by atoms with van der Waals surface area (Å²) in [6.45, 7) is 3.86. The Morgan fingerprint density at radius 1 is 0.727 bits per heavy atom. The average molecular weight is 286 g/mol. The molecule has 0 saturated heterocycles. The molecule has 0 bridgehead atoms. The monoisotopic (exact) mass is 286 g/mol. The zero-order chi connectivity index (χ0) is 15.4. The van der Waals surface area contributed by atoms with Gasteiger partial charge in [0.05, 0.1) is 0 Å². The van der Waals surface area contributed by atoms with Gasteiger partial charge in [-0.2, -0.15) is 0 Å². The summed E-state index contributed by atoms with van der Waals surface area (Å²) in [4.78, 5) is 0. The van der Waals surface area contributed by atoms with Gasteiger partial charge >= 0.3 is 0 Å². The largest absolute Gasteiger partial charge is 0.384 e. The third kappa shape index (κ3) is 2.85. The van der Waals surface area contributed by atoms with E-state index in [-0.39, 0.29) is 0 Å². The minimum atomic E-state index is -0.593. The molecule has 1 unspecified atom stereocenters. The number of aliphatic hydroxyl groups excluding tert-OH is 1. The van der Waals surface area contributed by atoms with Gasteiger partial charge in [-0.3, -0.25) is 0 Å². The highest BCUT2D eigenvalue weighted by atomic mass is 16.3. The summed E-state index contributed by atoms with van der Waals surface area (Å²) in [7, 11) is 0. The first-order valence-electron chi connectivity index (χ1n) is 7.34. The summed E-state index contributed by atoms with van der Waals surface area (Å²) in [6, 6.07) is 25.9. The fourth-order valence-electron chi connectivity index (χ4n) is 2.61. The van der Waals surface area contributed by atoms with E-state index < -0.39 is 6.10 Å². The predicted octanol–water partition coefficient (Wildman–Crippen LogP) is 5.08. The van der Waals surface area contributed by atoms with Crippen molar-refractivity contribution in [3.8, 4) is 11.1 Å². The van der Waals surface area contributed by atoms with Crippen LogP contribution in [0.1, 0.15) is 22.8 Å². The summed E-state index contributed by atoms with van der Waals surface area (Å²) < 4.78 is 0. The van der Waals surface area contributed by atoms with E-state index in [0.29, 0.717) is 0 Å². The highest BCUT2D eigenvalue weighted by molar-refractivity contribution is 5.74. The predicted molar refractivity (Wildman–Crippen MR) is 92.5 cm³/mol. The quantitative estimate of drug-likeness (QED) is 0.709. The van der Waals surface area contributed by atoms with Crippen molar-refractivity contribution in [2.75, 3.05) is 0 Å². The Morgan fingerprint density at radius 2 is 1.32 bits per heavy atom. The summed E-state index contributed by atoms with van der Waals surface area (Å²) in [6.07, 6.45) is 1.27. The van der Waals surface area contributed by atoms with E-state index in [1.54, 1.807) is 0 Å². The van der Waals surface area contributed by atoms with Gasteiger partial charge in [0.15, 0.2) is 0 Å². The van der Waals surface area contributed by atoms with Crippen LogP contribution in [0.2, 0.25) is 0 Å². The average Bonchev–Trinajstić information content (AvgIpc) is 2.62. The molecule has 0 saturated carbocycles.